The van der Waals surface area contributed by atoms with Crippen LogP contribution in [0.3, 0.4) is 0 Å². The van der Waals surface area contributed by atoms with Gasteiger partial charge in [-0.2, -0.15) is 13.2 Å². The molecule has 4 rings (SSSR count). The molecule has 212 valence electrons. The monoisotopic (exact) mass is 565 g/mol. The number of hydrogen-bond donors (Lipinski definition) is 1. The topological polar surface area (TPSA) is 61.9 Å². The minimum atomic E-state index is -4.68. The minimum absolute atomic E-state index is 0.0923. The van der Waals surface area contributed by atoms with Crippen LogP contribution in [0.4, 0.5) is 18.9 Å². The van der Waals surface area contributed by atoms with E-state index in [4.69, 9.17) is 16.3 Å². The van der Waals surface area contributed by atoms with Crippen LogP contribution in [0.5, 0.6) is 5.75 Å². The number of piperidine rings is 2. The lowest BCUT2D eigenvalue weighted by Crippen LogP contribution is -2.45. The Bertz CT molecular complexity index is 1160. The number of nitrogens with zero attached hydrogens (tertiary/aromatic N) is 2. The van der Waals surface area contributed by atoms with Gasteiger partial charge in [-0.05, 0) is 79.8 Å². The third kappa shape index (κ3) is 6.99. The van der Waals surface area contributed by atoms with E-state index in [0.717, 1.165) is 38.0 Å². The molecule has 1 N–H and O–H groups in total. The summed E-state index contributed by atoms with van der Waals surface area (Å²) in [7, 11) is 2.96. The number of carbonyl (C=O) groups excluding carboxylic acids is 2. The molecule has 2 fully saturated rings. The molecule has 0 spiro atoms. The van der Waals surface area contributed by atoms with Crippen molar-refractivity contribution in [3.05, 3.63) is 58.6 Å². The average molecular weight is 566 g/mol. The molecule has 2 saturated heterocycles. The van der Waals surface area contributed by atoms with Gasteiger partial charge in [-0.15, -0.1) is 0 Å². The Kier molecular flexibility index (Phi) is 9.31. The Morgan fingerprint density at radius 1 is 1.03 bits per heavy atom. The van der Waals surface area contributed by atoms with Crippen LogP contribution in [-0.2, 0) is 4.79 Å². The number of carbonyl (C=O) groups is 2. The number of likely N-dealkylation sites (tertiary alicyclic amines) is 1. The molecule has 2 aromatic rings. The highest BCUT2D eigenvalue weighted by atomic mass is 35.5. The van der Waals surface area contributed by atoms with Crippen molar-refractivity contribution in [2.24, 2.45) is 11.8 Å². The van der Waals surface area contributed by atoms with Crippen LogP contribution in [0.25, 0.3) is 0 Å². The summed E-state index contributed by atoms with van der Waals surface area (Å²) in [6.07, 6.45) is -0.206. The lowest BCUT2D eigenvalue weighted by Gasteiger charge is -2.38. The van der Waals surface area contributed by atoms with Crippen molar-refractivity contribution in [2.75, 3.05) is 45.2 Å². The third-order valence-corrected chi connectivity index (χ3v) is 8.31. The van der Waals surface area contributed by atoms with Crippen molar-refractivity contribution < 1.29 is 27.5 Å². The molecule has 0 saturated carbocycles. The maximum atomic E-state index is 14.0. The van der Waals surface area contributed by atoms with Crippen molar-refractivity contribution in [2.45, 2.75) is 44.2 Å². The van der Waals surface area contributed by atoms with E-state index in [1.54, 1.807) is 19.2 Å². The lowest BCUT2D eigenvalue weighted by molar-refractivity contribution is -0.173. The lowest BCUT2D eigenvalue weighted by atomic mass is 9.82. The molecule has 2 amide bonds. The van der Waals surface area contributed by atoms with Gasteiger partial charge < -0.3 is 19.9 Å². The second kappa shape index (κ2) is 12.5. The van der Waals surface area contributed by atoms with Gasteiger partial charge in [-0.25, -0.2) is 0 Å². The molecule has 1 atom stereocenters. The summed E-state index contributed by atoms with van der Waals surface area (Å²) in [5, 5.41) is 3.01. The number of rotatable bonds is 7. The zero-order valence-corrected chi connectivity index (χ0v) is 23.0. The Hall–Kier alpha value is -2.94. The van der Waals surface area contributed by atoms with Crippen LogP contribution >= 0.6 is 11.6 Å². The van der Waals surface area contributed by atoms with Crippen LogP contribution in [0, 0.1) is 11.8 Å². The van der Waals surface area contributed by atoms with Gasteiger partial charge in [0.05, 0.1) is 17.7 Å². The van der Waals surface area contributed by atoms with Crippen LogP contribution in [0.1, 0.15) is 53.9 Å². The Balaban J connectivity index is 1.28. The van der Waals surface area contributed by atoms with Crippen molar-refractivity contribution in [3.8, 4) is 5.75 Å². The highest BCUT2D eigenvalue weighted by Crippen LogP contribution is 2.39. The number of nitrogens with one attached hydrogen (secondary N) is 1. The summed E-state index contributed by atoms with van der Waals surface area (Å²) in [4.78, 5) is 28.6. The minimum Gasteiger partial charge on any atom is -0.497 e. The molecular formula is C29H35ClF3N3O3. The molecule has 2 aliphatic rings. The Morgan fingerprint density at radius 3 is 2.23 bits per heavy atom. The third-order valence-electron chi connectivity index (χ3n) is 8.00. The normalized spacial score (nSPS) is 18.1. The zero-order chi connectivity index (χ0) is 28.2. The second-order valence-corrected chi connectivity index (χ2v) is 10.8. The van der Waals surface area contributed by atoms with Crippen LogP contribution in [-0.4, -0.2) is 63.2 Å². The first-order valence-corrected chi connectivity index (χ1v) is 13.7. The first-order valence-electron chi connectivity index (χ1n) is 13.4. The molecule has 6 nitrogen and oxygen atoms in total. The number of methoxy groups -OCH3 is 1. The fourth-order valence-corrected chi connectivity index (χ4v) is 6.04. The number of alkyl halides is 3. The molecular weight excluding hydrogens is 531 g/mol. The molecule has 10 heteroatoms. The second-order valence-electron chi connectivity index (χ2n) is 10.4. The molecule has 0 radical (unpaired) electrons. The van der Waals surface area contributed by atoms with E-state index in [2.05, 4.69) is 10.2 Å². The summed E-state index contributed by atoms with van der Waals surface area (Å²) in [6, 6.07) is 11.2. The summed E-state index contributed by atoms with van der Waals surface area (Å²) in [5.74, 6) is -2.06. The molecule has 0 aliphatic carbocycles. The van der Waals surface area contributed by atoms with Crippen molar-refractivity contribution in [3.63, 3.8) is 0 Å². The highest BCUT2D eigenvalue weighted by molar-refractivity contribution is 6.34. The maximum Gasteiger partial charge on any atom is 0.404 e. The molecule has 2 heterocycles. The quantitative estimate of drug-likeness (QED) is 0.454. The van der Waals surface area contributed by atoms with Gasteiger partial charge >= 0.3 is 6.18 Å². The summed E-state index contributed by atoms with van der Waals surface area (Å²) < 4.78 is 47.0. The fourth-order valence-electron chi connectivity index (χ4n) is 5.78. The number of amides is 2. The largest absolute Gasteiger partial charge is 0.497 e. The number of halogens is 4. The first kappa shape index (κ1) is 29.1. The van der Waals surface area contributed by atoms with E-state index in [-0.39, 0.29) is 11.5 Å². The van der Waals surface area contributed by atoms with E-state index in [0.29, 0.717) is 54.1 Å². The van der Waals surface area contributed by atoms with Gasteiger partial charge in [0.25, 0.3) is 5.91 Å². The maximum absolute atomic E-state index is 14.0. The highest BCUT2D eigenvalue weighted by Gasteiger charge is 2.48. The van der Waals surface area contributed by atoms with Crippen molar-refractivity contribution >= 4 is 29.1 Å². The van der Waals surface area contributed by atoms with Gasteiger partial charge in [0.2, 0.25) is 5.91 Å². The van der Waals surface area contributed by atoms with Crippen LogP contribution in [0.2, 0.25) is 5.02 Å². The van der Waals surface area contributed by atoms with E-state index < -0.39 is 18.0 Å². The number of anilines is 1. The van der Waals surface area contributed by atoms with E-state index >= 15 is 0 Å². The van der Waals surface area contributed by atoms with Gasteiger partial charge in [-0.3, -0.25) is 9.59 Å². The fraction of sp³-hybridized carbons (Fsp3) is 0.517. The molecule has 39 heavy (non-hydrogen) atoms. The van der Waals surface area contributed by atoms with Gasteiger partial charge in [0.15, 0.2) is 5.92 Å². The smallest absolute Gasteiger partial charge is 0.404 e. The summed E-state index contributed by atoms with van der Waals surface area (Å²) in [6.45, 7) is 2.45. The SMILES string of the molecule is CNC(=O)c1ccc(N2CCC(CC3CCN(C(=O)C(c4cccc(OC)c4)C(F)(F)F)CC3)CC2)cc1Cl. The molecule has 0 bridgehead atoms. The van der Waals surface area contributed by atoms with Gasteiger partial charge in [0.1, 0.15) is 5.75 Å². The number of ether oxygens (including phenoxy) is 1. The average Bonchev–Trinajstić information content (AvgIpc) is 2.93. The van der Waals surface area contributed by atoms with Crippen molar-refractivity contribution in [1.29, 1.82) is 0 Å². The summed E-state index contributed by atoms with van der Waals surface area (Å²) in [5.41, 5.74) is 1.35. The standard InChI is InChI=1S/C29H35ClF3N3O3/c1-34-27(37)24-7-6-22(18-25(24)30)35-12-8-19(9-13-35)16-20-10-14-36(15-11-20)28(38)26(29(31,32)33)21-4-3-5-23(17-21)39-2/h3-7,17-20,26H,8-16H2,1-2H3,(H,34,37). The van der Waals surface area contributed by atoms with E-state index in [1.165, 1.54) is 30.2 Å². The van der Waals surface area contributed by atoms with Crippen LogP contribution < -0.4 is 15.0 Å². The number of benzene rings is 2. The molecule has 2 aromatic carbocycles. The summed E-state index contributed by atoms with van der Waals surface area (Å²) >= 11 is 6.32. The first-order chi connectivity index (χ1) is 18.6. The molecule has 2 aliphatic heterocycles. The van der Waals surface area contributed by atoms with E-state index in [9.17, 15) is 22.8 Å². The predicted molar refractivity (Wildman–Crippen MR) is 145 cm³/mol. The Morgan fingerprint density at radius 2 is 1.67 bits per heavy atom. The molecule has 1 unspecified atom stereocenters. The van der Waals surface area contributed by atoms with E-state index in [1.807, 2.05) is 12.1 Å². The zero-order valence-electron chi connectivity index (χ0n) is 22.3. The van der Waals surface area contributed by atoms with Crippen LogP contribution in [0.15, 0.2) is 42.5 Å². The number of hydrogen-bond acceptors (Lipinski definition) is 4. The van der Waals surface area contributed by atoms with Gasteiger partial charge in [-0.1, -0.05) is 23.7 Å². The Labute approximate surface area is 232 Å². The van der Waals surface area contributed by atoms with Gasteiger partial charge in [0, 0.05) is 38.9 Å². The molecule has 0 aromatic heterocycles. The predicted octanol–water partition coefficient (Wildman–Crippen LogP) is 5.90. The van der Waals surface area contributed by atoms with Crippen molar-refractivity contribution in [1.82, 2.24) is 10.2 Å².